The van der Waals surface area contributed by atoms with Crippen LogP contribution in [0.2, 0.25) is 0 Å². The zero-order valence-corrected chi connectivity index (χ0v) is 87.2. The predicted octanol–water partition coefficient (Wildman–Crippen LogP) is 27.0. The second-order valence-corrected chi connectivity index (χ2v) is 38.9. The Balaban J connectivity index is 0.000000140. The number of hydrogen-bond acceptors (Lipinski definition) is 12. The second kappa shape index (κ2) is 39.6. The first-order valence-electron chi connectivity index (χ1n) is 46.9. The number of anilines is 2. The van der Waals surface area contributed by atoms with Gasteiger partial charge in [-0.2, -0.15) is 113 Å². The maximum atomic E-state index is 6.52. The first-order chi connectivity index (χ1) is 67.0. The Morgan fingerprint density at radius 1 is 0.305 bits per heavy atom. The second-order valence-electron chi connectivity index (χ2n) is 38.9. The van der Waals surface area contributed by atoms with Crippen LogP contribution in [-0.4, -0.2) is 61.1 Å². The van der Waals surface area contributed by atoms with Crippen LogP contribution in [0, 0.1) is 49.7 Å². The normalized spacial score (nSPS) is 14.1. The average molecular weight is 2380 g/mol. The van der Waals surface area contributed by atoms with Crippen LogP contribution >= 0.6 is 0 Å². The van der Waals surface area contributed by atoms with Gasteiger partial charge < -0.3 is 33.9 Å². The number of ether oxygens (including phenoxy) is 2. The van der Waals surface area contributed by atoms with Gasteiger partial charge in [0.15, 0.2) is 0 Å². The van der Waals surface area contributed by atoms with Gasteiger partial charge in [-0.05, 0) is 149 Å². The van der Waals surface area contributed by atoms with Crippen molar-refractivity contribution in [3.05, 3.63) is 538 Å². The molecule has 23 rings (SSSR count). The van der Waals surface area contributed by atoms with E-state index in [1.807, 2.05) is 139 Å². The number of benzene rings is 14. The Bertz CT molecular complexity index is 7440. The van der Waals surface area contributed by atoms with Gasteiger partial charge in [0.05, 0.1) is 63.2 Å². The van der Waals surface area contributed by atoms with Gasteiger partial charge in [0.25, 0.3) is 0 Å². The molecule has 13 nitrogen and oxygen atoms in total. The Morgan fingerprint density at radius 2 is 0.652 bits per heavy atom. The third-order valence-electron chi connectivity index (χ3n) is 27.1. The quantitative estimate of drug-likeness (QED) is 0.0817. The van der Waals surface area contributed by atoms with E-state index in [-0.39, 0.29) is 79.4 Å². The van der Waals surface area contributed by atoms with Crippen LogP contribution in [0.1, 0.15) is 169 Å². The van der Waals surface area contributed by atoms with Crippen molar-refractivity contribution in [2.24, 2.45) is 17.3 Å². The van der Waals surface area contributed by atoms with Crippen molar-refractivity contribution >= 4 is 24.1 Å². The van der Waals surface area contributed by atoms with Crippen LogP contribution < -0.4 is 19.5 Å². The molecule has 0 saturated carbocycles. The summed E-state index contributed by atoms with van der Waals surface area (Å²) in [6, 6.07) is 153. The molecule has 16 heteroatoms. The summed E-state index contributed by atoms with van der Waals surface area (Å²) < 4.78 is 15.0. The van der Waals surface area contributed by atoms with Gasteiger partial charge in [0.2, 0.25) is 11.8 Å². The minimum atomic E-state index is -0.886. The molecule has 0 N–H and O–H groups in total. The molecule has 0 radical (unpaired) electrons. The number of hydrogen-bond donors (Lipinski definition) is 0. The SMILES string of the molecule is CN1C=NN(c2[c-]c(C3(c4cc(C(C)(C)C)cc(Oc5[c-]cccc5)n4)c4ccccc4-c4ccccc43)ccc2)[CH-]1.CN1C=NN(c2[c-]c(Oc3cc(C(C)(C)C)cc(C4(c5[c-]cccc5)c5ccccc5-c5ccccc54)n3)ccc2)[CH-]1.Cn1cc(C(c2ccccc2)(c2ccccc2)c2cc(C(C)(C)C)cc(C3(c4[c-]cccc4)c4ccccc4-c4ccccc43)n2)nc1-c1[c-]cccc1.[Pt+2].[Pt].[Pt]. The van der Waals surface area contributed by atoms with Crippen molar-refractivity contribution in [2.75, 3.05) is 24.1 Å². The van der Waals surface area contributed by atoms with E-state index in [0.717, 1.165) is 90.2 Å². The number of hydrazone groups is 2. The summed E-state index contributed by atoms with van der Waals surface area (Å²) in [5, 5.41) is 12.6. The minimum Gasteiger partial charge on any atom is -0.493 e. The summed E-state index contributed by atoms with van der Waals surface area (Å²) in [6.07, 6.45) is 5.72. The monoisotopic (exact) mass is 2370 g/mol. The van der Waals surface area contributed by atoms with Crippen LogP contribution in [0.5, 0.6) is 23.3 Å². The van der Waals surface area contributed by atoms with Crippen molar-refractivity contribution in [3.63, 3.8) is 0 Å². The molecule has 0 spiro atoms. The molecule has 141 heavy (non-hydrogen) atoms. The smallest absolute Gasteiger partial charge is 0.493 e. The largest absolute Gasteiger partial charge is 2.00 e. The third-order valence-corrected chi connectivity index (χ3v) is 27.1. The fourth-order valence-electron chi connectivity index (χ4n) is 20.6. The van der Waals surface area contributed by atoms with E-state index in [4.69, 9.17) is 29.4 Å². The number of rotatable bonds is 17. The molecular weight excluding hydrogens is 2270 g/mol. The van der Waals surface area contributed by atoms with Crippen LogP contribution in [0.4, 0.5) is 11.4 Å². The topological polar surface area (TPSA) is 113 Å². The zero-order valence-electron chi connectivity index (χ0n) is 80.4. The Hall–Kier alpha value is -14.1. The van der Waals surface area contributed by atoms with Gasteiger partial charge in [0, 0.05) is 79.0 Å². The van der Waals surface area contributed by atoms with Crippen LogP contribution in [0.3, 0.4) is 0 Å². The molecule has 706 valence electrons. The van der Waals surface area contributed by atoms with Gasteiger partial charge in [0.1, 0.15) is 5.41 Å². The van der Waals surface area contributed by atoms with Gasteiger partial charge in [-0.25, -0.2) is 9.97 Å². The summed E-state index contributed by atoms with van der Waals surface area (Å²) in [6.45, 7) is 24.0. The maximum absolute atomic E-state index is 6.52. The van der Waals surface area contributed by atoms with Gasteiger partial charge in [-0.1, -0.05) is 280 Å². The molecule has 14 aromatic carbocycles. The van der Waals surface area contributed by atoms with Gasteiger partial charge in [-0.3, -0.25) is 9.97 Å². The van der Waals surface area contributed by atoms with Crippen LogP contribution in [-0.2, 0) is 108 Å². The molecule has 0 unspecified atom stereocenters. The molecule has 0 bridgehead atoms. The Labute approximate surface area is 871 Å². The number of aryl methyl sites for hydroxylation is 1. The van der Waals surface area contributed by atoms with Crippen LogP contribution in [0.15, 0.2) is 393 Å². The first kappa shape index (κ1) is 97.2. The summed E-state index contributed by atoms with van der Waals surface area (Å²) in [5.41, 5.74) is 26.8. The molecule has 0 amide bonds. The van der Waals surface area contributed by atoms with E-state index in [2.05, 4.69) is 406 Å². The first-order valence-corrected chi connectivity index (χ1v) is 46.9. The summed E-state index contributed by atoms with van der Waals surface area (Å²) in [7, 11) is 5.98. The maximum Gasteiger partial charge on any atom is 2.00 e. The molecule has 0 atom stereocenters. The molecule has 5 aliphatic rings. The van der Waals surface area contributed by atoms with E-state index in [0.29, 0.717) is 23.3 Å². The number of fused-ring (bicyclic) bond motifs is 9. The molecule has 0 fully saturated rings. The number of para-hydroxylation sites is 1. The van der Waals surface area contributed by atoms with Crippen molar-refractivity contribution in [2.45, 2.75) is 100 Å². The molecule has 18 aromatic rings. The predicted molar refractivity (Wildman–Crippen MR) is 553 cm³/mol. The minimum absolute atomic E-state index is 0. The van der Waals surface area contributed by atoms with Gasteiger partial charge >= 0.3 is 21.1 Å². The van der Waals surface area contributed by atoms with Crippen molar-refractivity contribution < 1.29 is 72.7 Å². The summed E-state index contributed by atoms with van der Waals surface area (Å²) in [5.74, 6) is 3.11. The number of imidazole rings is 1. The molecule has 4 aromatic heterocycles. The van der Waals surface area contributed by atoms with E-state index < -0.39 is 21.7 Å². The zero-order chi connectivity index (χ0) is 94.7. The Kier molecular flexibility index (Phi) is 27.3. The molecule has 0 saturated heterocycles. The summed E-state index contributed by atoms with van der Waals surface area (Å²) in [4.78, 5) is 25.9. The number of nitrogens with zero attached hydrogens (tertiary/aromatic N) is 11. The number of pyridine rings is 3. The third kappa shape index (κ3) is 17.6. The van der Waals surface area contributed by atoms with Crippen LogP contribution in [0.25, 0.3) is 44.8 Å². The Morgan fingerprint density at radius 3 is 1.04 bits per heavy atom. The fourth-order valence-corrected chi connectivity index (χ4v) is 20.6. The van der Waals surface area contributed by atoms with Crippen molar-refractivity contribution in [3.8, 4) is 68.0 Å². The van der Waals surface area contributed by atoms with Crippen molar-refractivity contribution in [1.29, 1.82) is 0 Å². The molecule has 2 aliphatic heterocycles. The molecule has 6 heterocycles. The molecular formula is C125H103N11O2Pt3-6. The number of aromatic nitrogens is 5. The standard InChI is InChI=1S/C51H41N3.2C37H31N4O.3Pt/c1-49(2,3)40-33-45(52-46(34-40)51(39-27-15-8-16-28-39)43-31-19-17-29-41(43)42-30-18-20-32-44(42)51)50(37-23-11-6-12-24-37,38-25-13-7-14-26-38)47-35-54(4)48(53-47)36-21-9-5-10-22-36;1-36(2,3)27-22-34(39-35(23-27)42-29-15-6-5-7-16-29)37(26-13-12-14-28(21-26)41-25-40(4)24-38-41)32-19-10-8-17-30(32)31-18-9-11-20-33(31)37;1-36(2,3)27-21-34(39-35(22-27)42-29-16-12-15-28(23-29)41-25-40(4)24-38-41)37(26-13-6-5-7-14-26)32-19-10-8-17-30(32)31-18-9-11-20-33(31)37;;;/h5-21,23-27,29-35H,1-4H3;5-15,17-20,22-25H,1-4H3;5-13,15-22,24-25H,1-4H3;;;/q-2;2*-3;;;+2. The van der Waals surface area contributed by atoms with Crippen molar-refractivity contribution in [1.82, 2.24) is 34.3 Å². The average Bonchev–Trinajstić information content (AvgIpc) is 1.54. The molecule has 3 aliphatic carbocycles. The van der Waals surface area contributed by atoms with E-state index in [1.54, 1.807) is 17.7 Å². The fraction of sp³-hybridized carbons (Fsp3) is 0.152. The van der Waals surface area contributed by atoms with E-state index >= 15 is 0 Å². The summed E-state index contributed by atoms with van der Waals surface area (Å²) >= 11 is 0. The van der Waals surface area contributed by atoms with E-state index in [1.165, 1.54) is 72.3 Å². The van der Waals surface area contributed by atoms with Gasteiger partial charge in [-0.15, -0.1) is 102 Å². The van der Waals surface area contributed by atoms with E-state index in [9.17, 15) is 0 Å².